The highest BCUT2D eigenvalue weighted by Crippen LogP contribution is 2.07. The normalized spacial score (nSPS) is 12.1. The van der Waals surface area contributed by atoms with Gasteiger partial charge >= 0.3 is 0 Å². The summed E-state index contributed by atoms with van der Waals surface area (Å²) < 4.78 is 4.47. The molecule has 0 aromatic heterocycles. The van der Waals surface area contributed by atoms with Crippen LogP contribution in [0.25, 0.3) is 0 Å². The van der Waals surface area contributed by atoms with E-state index in [0.717, 1.165) is 12.8 Å². The second kappa shape index (κ2) is 6.64. The van der Waals surface area contributed by atoms with E-state index in [2.05, 4.69) is 4.74 Å². The lowest BCUT2D eigenvalue weighted by Crippen LogP contribution is -2.27. The zero-order valence-corrected chi connectivity index (χ0v) is 7.29. The highest BCUT2D eigenvalue weighted by molar-refractivity contribution is 5.76. The summed E-state index contributed by atoms with van der Waals surface area (Å²) >= 11 is 0. The Bertz CT molecular complexity index is 147. The average Bonchev–Trinajstić information content (AvgIpc) is 2.04. The van der Waals surface area contributed by atoms with Gasteiger partial charge in [0.05, 0.1) is 5.92 Å². The fourth-order valence-corrected chi connectivity index (χ4v) is 0.914. The molecule has 1 atom stereocenters. The molecule has 2 N–H and O–H groups in total. The number of hydrogen-bond donors (Lipinski definition) is 1. The number of rotatable bonds is 7. The number of hydrogen-bond acceptors (Lipinski definition) is 3. The lowest BCUT2D eigenvalue weighted by Gasteiger charge is -2.10. The topological polar surface area (TPSA) is 69.4 Å². The summed E-state index contributed by atoms with van der Waals surface area (Å²) in [6.45, 7) is 2.47. The number of ether oxygens (including phenoxy) is 1. The Labute approximate surface area is 72.1 Å². The summed E-state index contributed by atoms with van der Waals surface area (Å²) in [5, 5.41) is 0. The second-order valence-corrected chi connectivity index (χ2v) is 2.67. The van der Waals surface area contributed by atoms with Crippen molar-refractivity contribution in [3.63, 3.8) is 0 Å². The molecule has 0 aliphatic carbocycles. The first-order valence-electron chi connectivity index (χ1n) is 4.07. The monoisotopic (exact) mass is 173 g/mol. The van der Waals surface area contributed by atoms with Gasteiger partial charge in [0, 0.05) is 0 Å². The van der Waals surface area contributed by atoms with Crippen LogP contribution in [-0.4, -0.2) is 19.0 Å². The van der Waals surface area contributed by atoms with Gasteiger partial charge in [-0.1, -0.05) is 19.8 Å². The number of primary amides is 1. The van der Waals surface area contributed by atoms with Crippen molar-refractivity contribution in [1.29, 1.82) is 0 Å². The van der Waals surface area contributed by atoms with Gasteiger partial charge in [0.15, 0.2) is 0 Å². The molecule has 0 rings (SSSR count). The fourth-order valence-electron chi connectivity index (χ4n) is 0.914. The second-order valence-electron chi connectivity index (χ2n) is 2.67. The highest BCUT2D eigenvalue weighted by Gasteiger charge is 2.14. The van der Waals surface area contributed by atoms with E-state index in [1.165, 1.54) is 0 Å². The Morgan fingerprint density at radius 2 is 2.33 bits per heavy atom. The molecule has 0 bridgehead atoms. The van der Waals surface area contributed by atoms with Crippen molar-refractivity contribution in [2.75, 3.05) is 6.61 Å². The van der Waals surface area contributed by atoms with Crippen LogP contribution in [0, 0.1) is 5.92 Å². The van der Waals surface area contributed by atoms with Gasteiger partial charge in [-0.15, -0.1) is 0 Å². The first-order valence-corrected chi connectivity index (χ1v) is 4.07. The number of carbonyl (C=O) groups is 2. The highest BCUT2D eigenvalue weighted by atomic mass is 16.5. The van der Waals surface area contributed by atoms with Crippen molar-refractivity contribution in [2.24, 2.45) is 11.7 Å². The maximum absolute atomic E-state index is 10.7. The van der Waals surface area contributed by atoms with Gasteiger partial charge in [0.2, 0.25) is 5.91 Å². The van der Waals surface area contributed by atoms with Gasteiger partial charge in [-0.05, 0) is 6.42 Å². The van der Waals surface area contributed by atoms with Crippen molar-refractivity contribution in [2.45, 2.75) is 26.2 Å². The zero-order chi connectivity index (χ0) is 9.40. The van der Waals surface area contributed by atoms with Crippen LogP contribution < -0.4 is 5.73 Å². The number of unbranched alkanes of at least 4 members (excludes halogenated alkanes) is 1. The Morgan fingerprint density at radius 3 is 2.75 bits per heavy atom. The number of carbonyl (C=O) groups excluding carboxylic acids is 2. The van der Waals surface area contributed by atoms with Gasteiger partial charge in [-0.25, -0.2) is 0 Å². The van der Waals surface area contributed by atoms with E-state index in [0.29, 0.717) is 12.9 Å². The first-order chi connectivity index (χ1) is 5.72. The van der Waals surface area contributed by atoms with Crippen LogP contribution in [0.1, 0.15) is 26.2 Å². The van der Waals surface area contributed by atoms with Gasteiger partial charge < -0.3 is 10.5 Å². The Balaban J connectivity index is 3.69. The minimum Gasteiger partial charge on any atom is -0.467 e. The Hall–Kier alpha value is -1.06. The maximum Gasteiger partial charge on any atom is 0.293 e. The van der Waals surface area contributed by atoms with Gasteiger partial charge in [-0.2, -0.15) is 0 Å². The summed E-state index contributed by atoms with van der Waals surface area (Å²) in [7, 11) is 0. The summed E-state index contributed by atoms with van der Waals surface area (Å²) in [5.74, 6) is -0.722. The van der Waals surface area contributed by atoms with Crippen LogP contribution in [-0.2, 0) is 14.3 Å². The van der Waals surface area contributed by atoms with Gasteiger partial charge in [0.25, 0.3) is 6.47 Å². The molecule has 0 fully saturated rings. The van der Waals surface area contributed by atoms with E-state index in [1.807, 2.05) is 6.92 Å². The van der Waals surface area contributed by atoms with Crippen LogP contribution in [0.4, 0.5) is 0 Å². The van der Waals surface area contributed by atoms with Crippen molar-refractivity contribution in [3.8, 4) is 0 Å². The molecule has 0 saturated carbocycles. The molecule has 12 heavy (non-hydrogen) atoms. The smallest absolute Gasteiger partial charge is 0.293 e. The molecule has 0 aromatic rings. The summed E-state index contributed by atoms with van der Waals surface area (Å²) in [6.07, 6.45) is 2.63. The quantitative estimate of drug-likeness (QED) is 0.568. The molecule has 0 aliphatic rings. The van der Waals surface area contributed by atoms with Crippen molar-refractivity contribution in [1.82, 2.24) is 0 Å². The van der Waals surface area contributed by atoms with E-state index < -0.39 is 5.91 Å². The molecule has 0 saturated heterocycles. The third-order valence-electron chi connectivity index (χ3n) is 1.67. The molecular formula is C8H15NO3. The minimum absolute atomic E-state index is 0.110. The lowest BCUT2D eigenvalue weighted by molar-refractivity contribution is -0.133. The predicted octanol–water partition coefficient (Wildman–Crippen LogP) is 0.451. The molecule has 0 radical (unpaired) electrons. The molecule has 0 aliphatic heterocycles. The SMILES string of the molecule is CCCCC(COC=O)C(N)=O. The molecule has 0 spiro atoms. The third-order valence-corrected chi connectivity index (χ3v) is 1.67. The van der Waals surface area contributed by atoms with Crippen LogP contribution >= 0.6 is 0 Å². The minimum atomic E-state index is -0.398. The number of amides is 1. The van der Waals surface area contributed by atoms with Crippen LogP contribution in [0.15, 0.2) is 0 Å². The molecule has 4 nitrogen and oxygen atoms in total. The molecule has 4 heteroatoms. The molecule has 0 aromatic carbocycles. The lowest BCUT2D eigenvalue weighted by atomic mass is 10.0. The van der Waals surface area contributed by atoms with Gasteiger partial charge in [-0.3, -0.25) is 9.59 Å². The number of nitrogens with two attached hydrogens (primary N) is 1. The average molecular weight is 173 g/mol. The maximum atomic E-state index is 10.7. The van der Waals surface area contributed by atoms with E-state index in [9.17, 15) is 9.59 Å². The van der Waals surface area contributed by atoms with Crippen molar-refractivity contribution in [3.05, 3.63) is 0 Å². The van der Waals surface area contributed by atoms with Crippen molar-refractivity contribution < 1.29 is 14.3 Å². The van der Waals surface area contributed by atoms with Gasteiger partial charge in [0.1, 0.15) is 6.61 Å². The molecule has 1 unspecified atom stereocenters. The Morgan fingerprint density at radius 1 is 1.67 bits per heavy atom. The van der Waals surface area contributed by atoms with E-state index in [1.54, 1.807) is 0 Å². The first kappa shape index (κ1) is 10.9. The Kier molecular flexibility index (Phi) is 6.05. The predicted molar refractivity (Wildman–Crippen MR) is 44.2 cm³/mol. The van der Waals surface area contributed by atoms with Crippen molar-refractivity contribution >= 4 is 12.4 Å². The standard InChI is InChI=1S/C8H15NO3/c1-2-3-4-7(8(9)11)5-12-6-10/h6-7H,2-5H2,1H3,(H2,9,11). The van der Waals surface area contributed by atoms with Crippen LogP contribution in [0.2, 0.25) is 0 Å². The summed E-state index contributed by atoms with van der Waals surface area (Å²) in [4.78, 5) is 20.6. The fraction of sp³-hybridized carbons (Fsp3) is 0.750. The molecular weight excluding hydrogens is 158 g/mol. The van der Waals surface area contributed by atoms with Crippen LogP contribution in [0.5, 0.6) is 0 Å². The zero-order valence-electron chi connectivity index (χ0n) is 7.29. The molecule has 0 heterocycles. The van der Waals surface area contributed by atoms with Crippen LogP contribution in [0.3, 0.4) is 0 Å². The third kappa shape index (κ3) is 4.71. The van der Waals surface area contributed by atoms with E-state index in [4.69, 9.17) is 5.73 Å². The van der Waals surface area contributed by atoms with E-state index >= 15 is 0 Å². The molecule has 70 valence electrons. The largest absolute Gasteiger partial charge is 0.467 e. The van der Waals surface area contributed by atoms with E-state index in [-0.39, 0.29) is 12.5 Å². The molecule has 1 amide bonds. The summed E-state index contributed by atoms with van der Waals surface area (Å²) in [5.41, 5.74) is 5.08. The summed E-state index contributed by atoms with van der Waals surface area (Å²) in [6, 6.07) is 0.